The number of benzene rings is 1. The Bertz CT molecular complexity index is 414. The van der Waals surface area contributed by atoms with E-state index >= 15 is 0 Å². The molecule has 1 aliphatic heterocycles. The summed E-state index contributed by atoms with van der Waals surface area (Å²) in [4.78, 5) is 0. The quantitative estimate of drug-likeness (QED) is 0.608. The van der Waals surface area contributed by atoms with Gasteiger partial charge >= 0.3 is 0 Å². The highest BCUT2D eigenvalue weighted by atomic mass is 32.1. The first-order valence-corrected chi connectivity index (χ1v) is 4.91. The summed E-state index contributed by atoms with van der Waals surface area (Å²) in [5.41, 5.74) is 1.37. The minimum atomic E-state index is 0.390. The molecule has 0 N–H and O–H groups in total. The Hall–Kier alpha value is -0.860. The number of hydrogen-bond donors (Lipinski definition) is 0. The van der Waals surface area contributed by atoms with Crippen molar-refractivity contribution in [3.05, 3.63) is 35.2 Å². The molecule has 1 aliphatic rings. The summed E-state index contributed by atoms with van der Waals surface area (Å²) >= 11 is 1.80. The molecule has 12 heavy (non-hydrogen) atoms. The van der Waals surface area contributed by atoms with Crippen molar-refractivity contribution in [2.75, 3.05) is 6.61 Å². The van der Waals surface area contributed by atoms with Crippen molar-refractivity contribution in [3.8, 4) is 0 Å². The second kappa shape index (κ2) is 2.31. The monoisotopic (exact) mass is 176 g/mol. The van der Waals surface area contributed by atoms with Gasteiger partial charge in [-0.2, -0.15) is 0 Å². The zero-order chi connectivity index (χ0) is 7.97. The molecule has 0 amide bonds. The third kappa shape index (κ3) is 0.886. The maximum absolute atomic E-state index is 5.27. The highest BCUT2D eigenvalue weighted by Crippen LogP contribution is 2.38. The lowest BCUT2D eigenvalue weighted by Crippen LogP contribution is -1.74. The van der Waals surface area contributed by atoms with E-state index in [1.807, 2.05) is 0 Å². The molecule has 0 unspecified atom stereocenters. The first-order chi connectivity index (χ1) is 5.95. The topological polar surface area (TPSA) is 12.5 Å². The molecule has 2 heterocycles. The van der Waals surface area contributed by atoms with Gasteiger partial charge in [-0.25, -0.2) is 0 Å². The van der Waals surface area contributed by atoms with Crippen molar-refractivity contribution in [2.45, 2.75) is 6.10 Å². The van der Waals surface area contributed by atoms with Crippen LogP contribution in [-0.4, -0.2) is 6.61 Å². The Morgan fingerprint density at radius 3 is 3.00 bits per heavy atom. The van der Waals surface area contributed by atoms with Gasteiger partial charge in [0.1, 0.15) is 6.10 Å². The van der Waals surface area contributed by atoms with Crippen molar-refractivity contribution in [2.24, 2.45) is 0 Å². The first kappa shape index (κ1) is 6.63. The molecule has 0 spiro atoms. The maximum Gasteiger partial charge on any atom is 0.107 e. The Morgan fingerprint density at radius 1 is 1.33 bits per heavy atom. The molecular formula is C10H8OS. The summed E-state index contributed by atoms with van der Waals surface area (Å²) in [5, 5.41) is 3.58. The van der Waals surface area contributed by atoms with Crippen molar-refractivity contribution in [1.29, 1.82) is 0 Å². The Balaban J connectivity index is 2.30. The van der Waals surface area contributed by atoms with Crippen LogP contribution in [0.5, 0.6) is 0 Å². The molecule has 0 aliphatic carbocycles. The van der Waals surface area contributed by atoms with E-state index in [1.165, 1.54) is 15.6 Å². The molecule has 0 saturated carbocycles. The zero-order valence-electron chi connectivity index (χ0n) is 6.49. The van der Waals surface area contributed by atoms with Gasteiger partial charge in [-0.3, -0.25) is 0 Å². The highest BCUT2D eigenvalue weighted by molar-refractivity contribution is 7.17. The van der Waals surface area contributed by atoms with Gasteiger partial charge in [0.15, 0.2) is 0 Å². The lowest BCUT2D eigenvalue weighted by Gasteiger charge is -1.91. The summed E-state index contributed by atoms with van der Waals surface area (Å²) in [6.45, 7) is 0.903. The van der Waals surface area contributed by atoms with Crippen LogP contribution < -0.4 is 0 Å². The second-order valence-corrected chi connectivity index (χ2v) is 3.92. The van der Waals surface area contributed by atoms with Gasteiger partial charge in [0.05, 0.1) is 6.61 Å². The molecule has 1 aromatic carbocycles. The molecule has 0 radical (unpaired) electrons. The van der Waals surface area contributed by atoms with E-state index in [2.05, 4.69) is 29.6 Å². The van der Waals surface area contributed by atoms with Gasteiger partial charge in [-0.05, 0) is 16.8 Å². The summed E-state index contributed by atoms with van der Waals surface area (Å²) in [6.07, 6.45) is 0.390. The largest absolute Gasteiger partial charge is 0.368 e. The zero-order valence-corrected chi connectivity index (χ0v) is 7.30. The molecule has 1 atom stereocenters. The van der Waals surface area contributed by atoms with Crippen LogP contribution in [-0.2, 0) is 4.74 Å². The van der Waals surface area contributed by atoms with E-state index in [0.717, 1.165) is 6.61 Å². The van der Waals surface area contributed by atoms with E-state index in [4.69, 9.17) is 4.74 Å². The predicted molar refractivity (Wildman–Crippen MR) is 50.5 cm³/mol. The van der Waals surface area contributed by atoms with E-state index in [1.54, 1.807) is 11.3 Å². The molecule has 3 rings (SSSR count). The van der Waals surface area contributed by atoms with Gasteiger partial charge in [0, 0.05) is 10.3 Å². The van der Waals surface area contributed by atoms with Crippen LogP contribution in [0.25, 0.3) is 10.1 Å². The molecule has 2 heteroatoms. The average Bonchev–Trinajstić information content (AvgIpc) is 2.86. The van der Waals surface area contributed by atoms with Crippen molar-refractivity contribution >= 4 is 21.4 Å². The smallest absolute Gasteiger partial charge is 0.107 e. The lowest BCUT2D eigenvalue weighted by molar-refractivity contribution is 0.417. The van der Waals surface area contributed by atoms with Crippen LogP contribution in [0.3, 0.4) is 0 Å². The van der Waals surface area contributed by atoms with Crippen LogP contribution in [0.1, 0.15) is 11.7 Å². The Morgan fingerprint density at radius 2 is 2.17 bits per heavy atom. The Kier molecular flexibility index (Phi) is 1.28. The van der Waals surface area contributed by atoms with E-state index in [9.17, 15) is 0 Å². The van der Waals surface area contributed by atoms with Crippen LogP contribution in [0.4, 0.5) is 0 Å². The summed E-state index contributed by atoms with van der Waals surface area (Å²) in [7, 11) is 0. The number of epoxide rings is 1. The Labute approximate surface area is 74.6 Å². The van der Waals surface area contributed by atoms with Gasteiger partial charge in [-0.1, -0.05) is 18.2 Å². The minimum absolute atomic E-state index is 0.390. The normalized spacial score (nSPS) is 21.5. The summed E-state index contributed by atoms with van der Waals surface area (Å²) < 4.78 is 6.63. The van der Waals surface area contributed by atoms with Crippen molar-refractivity contribution in [3.63, 3.8) is 0 Å². The molecule has 2 aromatic rings. The maximum atomic E-state index is 5.27. The fraction of sp³-hybridized carbons (Fsp3) is 0.200. The SMILES string of the molecule is c1ccc2c([C@@H]3CO3)csc2c1. The van der Waals surface area contributed by atoms with E-state index in [-0.39, 0.29) is 0 Å². The van der Waals surface area contributed by atoms with Gasteiger partial charge in [0.2, 0.25) is 0 Å². The molecule has 1 fully saturated rings. The molecule has 0 bridgehead atoms. The summed E-state index contributed by atoms with van der Waals surface area (Å²) in [6, 6.07) is 8.49. The van der Waals surface area contributed by atoms with E-state index < -0.39 is 0 Å². The van der Waals surface area contributed by atoms with Crippen LogP contribution in [0.2, 0.25) is 0 Å². The molecule has 1 saturated heterocycles. The molecule has 1 nitrogen and oxygen atoms in total. The standard InChI is InChI=1S/C10H8OS/c1-2-4-10-7(3-1)8(6-12-10)9-5-11-9/h1-4,6,9H,5H2/t9-/m0/s1. The number of fused-ring (bicyclic) bond motifs is 1. The third-order valence-corrected chi connectivity index (χ3v) is 3.17. The summed E-state index contributed by atoms with van der Waals surface area (Å²) in [5.74, 6) is 0. The minimum Gasteiger partial charge on any atom is -0.368 e. The van der Waals surface area contributed by atoms with Gasteiger partial charge in [0.25, 0.3) is 0 Å². The highest BCUT2D eigenvalue weighted by Gasteiger charge is 2.27. The number of thiophene rings is 1. The molecule has 1 aromatic heterocycles. The van der Waals surface area contributed by atoms with Crippen molar-refractivity contribution in [1.82, 2.24) is 0 Å². The number of rotatable bonds is 1. The average molecular weight is 176 g/mol. The lowest BCUT2D eigenvalue weighted by atomic mass is 10.1. The van der Waals surface area contributed by atoms with E-state index in [0.29, 0.717) is 6.10 Å². The van der Waals surface area contributed by atoms with Gasteiger partial charge in [-0.15, -0.1) is 11.3 Å². The fourth-order valence-corrected chi connectivity index (χ4v) is 2.48. The predicted octanol–water partition coefficient (Wildman–Crippen LogP) is 2.97. The first-order valence-electron chi connectivity index (χ1n) is 4.03. The molecular weight excluding hydrogens is 168 g/mol. The fourth-order valence-electron chi connectivity index (χ4n) is 1.48. The number of ether oxygens (including phenoxy) is 1. The second-order valence-electron chi connectivity index (χ2n) is 3.01. The van der Waals surface area contributed by atoms with Crippen molar-refractivity contribution < 1.29 is 4.74 Å². The van der Waals surface area contributed by atoms with Gasteiger partial charge < -0.3 is 4.74 Å². The van der Waals surface area contributed by atoms with Crippen LogP contribution in [0.15, 0.2) is 29.6 Å². The van der Waals surface area contributed by atoms with Crippen LogP contribution >= 0.6 is 11.3 Å². The van der Waals surface area contributed by atoms with Crippen LogP contribution in [0, 0.1) is 0 Å². The molecule has 60 valence electrons. The number of hydrogen-bond acceptors (Lipinski definition) is 2. The third-order valence-electron chi connectivity index (χ3n) is 2.19.